The van der Waals surface area contributed by atoms with Crippen LogP contribution in [0.25, 0.3) is 45.0 Å². The van der Waals surface area contributed by atoms with Crippen molar-refractivity contribution in [3.63, 3.8) is 0 Å². The summed E-state index contributed by atoms with van der Waals surface area (Å²) in [4.78, 5) is 86.7. The molecule has 760 valence electrons. The van der Waals surface area contributed by atoms with Gasteiger partial charge in [0.15, 0.2) is 0 Å². The average Bonchev–Trinajstić information content (AvgIpc) is 0.797. The number of hydrogen-bond donors (Lipinski definition) is 11. The van der Waals surface area contributed by atoms with Crippen molar-refractivity contribution in [3.05, 3.63) is 303 Å². The van der Waals surface area contributed by atoms with E-state index in [1.165, 1.54) is 85.2 Å². The van der Waals surface area contributed by atoms with Gasteiger partial charge in [0.2, 0.25) is 0 Å². The number of halogens is 14. The summed E-state index contributed by atoms with van der Waals surface area (Å²) < 4.78 is 169. The number of nitrogen functional groups attached to an aromatic ring is 4. The Hall–Kier alpha value is -12.4. The van der Waals surface area contributed by atoms with Crippen LogP contribution in [0.15, 0.2) is 190 Å². The van der Waals surface area contributed by atoms with Gasteiger partial charge >= 0.3 is 0 Å². The number of ether oxygens (including phenoxy) is 2. The monoisotopic (exact) mass is 2180 g/mol. The molecule has 16 rings (SSSR count). The zero-order chi connectivity index (χ0) is 103. The SMILES string of the molecule is CCC[C@@H](NC(=O)c1ccc(-c2nc(C3CCOCC3)cnc2N)cc1F)c1cccc(Br)c1.CCC[C@@H](NC(=O)c1ccc(-c2nc([C@@H]3CC[C@@H](O)[C@@H](F)C3)cnc2N)cc1F)c1cc(F)cc(Br)c1.CCC[C@@H](NC(=O)c1ccc(-c2nc([C@H]3CC[C@H](O)[C@H](F)C3)cnc2N)cc1F)c1cc(F)cc(Br)c1.Nc1ncc(C2CCOCC2)nc1-c1ccc(C(=O)N[C@H](CO)c2cc(F)cc(C(F)F)c2)c(F)c1. The van der Waals surface area contributed by atoms with Gasteiger partial charge in [0.25, 0.3) is 30.1 Å². The number of nitrogens with zero attached hydrogens (tertiary/aromatic N) is 8. The first kappa shape index (κ1) is 109. The third-order valence-corrected chi connectivity index (χ3v) is 26.8. The maximum Gasteiger partial charge on any atom is 0.263 e. The molecular formula is C105H108Br3F11N16O9. The van der Waals surface area contributed by atoms with E-state index in [2.05, 4.69) is 109 Å². The average molecular weight is 2190 g/mol. The molecular weight excluding hydrogens is 2080 g/mol. The van der Waals surface area contributed by atoms with Gasteiger partial charge in [0.1, 0.15) is 99.1 Å². The van der Waals surface area contributed by atoms with Crippen molar-refractivity contribution in [2.45, 2.75) is 202 Å². The Morgan fingerprint density at radius 3 is 0.972 bits per heavy atom. The highest BCUT2D eigenvalue weighted by Gasteiger charge is 2.35. The third-order valence-electron chi connectivity index (χ3n) is 25.4. The Balaban J connectivity index is 0.000000161. The van der Waals surface area contributed by atoms with E-state index in [9.17, 15) is 69.6 Å². The van der Waals surface area contributed by atoms with Crippen molar-refractivity contribution in [3.8, 4) is 45.0 Å². The Kier molecular flexibility index (Phi) is 38.5. The standard InChI is InChI=1S/2C27H28BrF3N4O2.C26H28BrFN4O2.C25H24F4N4O3/c2*1-2-3-22(16-8-17(28)12-18(29)9-16)35-27(37)19-6-4-15(11-20(19)30)25-26(32)33-13-23(34-25)14-5-7-24(36)21(31)10-14;1-2-4-22(17-5-3-6-19(27)13-17)32-26(33)20-8-7-18(14-21(20)28)24-25(29)30-15-23(31-24)16-9-11-34-12-10-16;26-17-8-15(7-16(9-17)23(28)29)21(12-34)33-25(35)18-2-1-14(10-19(18)27)22-24(30)31-11-20(32-22)13-3-5-36-6-4-13/h2*4,6,8-9,11-14,21-22,24,36H,2-3,5,7,10H2,1H3,(H2,32,33)(H,35,37);3,5-8,13-16,22H,2,4,9-12H2,1H3,(H2,29,30)(H,32,33);1-2,7-11,13,21,23,34H,3-6,12H2,(H2,30,31)(H,33,35)/t14-,21+,22+,24-;14-,21+,22-,24-;22-;21-/m0111/s1. The molecule has 4 aromatic heterocycles. The highest BCUT2D eigenvalue weighted by atomic mass is 79.9. The summed E-state index contributed by atoms with van der Waals surface area (Å²) in [7, 11) is 0. The molecule has 2 saturated carbocycles. The Morgan fingerprint density at radius 1 is 0.375 bits per heavy atom. The van der Waals surface area contributed by atoms with Gasteiger partial charge in [-0.3, -0.25) is 19.2 Å². The molecule has 0 spiro atoms. The third kappa shape index (κ3) is 28.4. The molecule has 25 nitrogen and oxygen atoms in total. The number of carbonyl (C=O) groups is 4. The van der Waals surface area contributed by atoms with Crippen molar-refractivity contribution in [2.75, 3.05) is 56.0 Å². The Labute approximate surface area is 849 Å². The summed E-state index contributed by atoms with van der Waals surface area (Å²) in [5, 5.41) is 39.9. The quantitative estimate of drug-likeness (QED) is 0.0203. The molecule has 4 aliphatic rings. The first-order chi connectivity index (χ1) is 69.0. The second-order valence-corrected chi connectivity index (χ2v) is 38.3. The summed E-state index contributed by atoms with van der Waals surface area (Å²) in [6.07, 6.45) is 8.02. The van der Waals surface area contributed by atoms with Gasteiger partial charge in [-0.25, -0.2) is 88.2 Å². The smallest absolute Gasteiger partial charge is 0.263 e. The number of benzene rings is 8. The molecule has 0 unspecified atom stereocenters. The minimum Gasteiger partial charge on any atom is -0.394 e. The fourth-order valence-electron chi connectivity index (χ4n) is 17.6. The van der Waals surface area contributed by atoms with E-state index in [4.69, 9.17) is 32.4 Å². The van der Waals surface area contributed by atoms with Crippen LogP contribution in [0, 0.1) is 40.7 Å². The van der Waals surface area contributed by atoms with Gasteiger partial charge in [-0.15, -0.1) is 0 Å². The lowest BCUT2D eigenvalue weighted by Gasteiger charge is -2.28. The van der Waals surface area contributed by atoms with E-state index in [1.807, 2.05) is 45.0 Å². The molecule has 39 heteroatoms. The van der Waals surface area contributed by atoms with E-state index in [-0.39, 0.29) is 111 Å². The number of alkyl halides is 4. The number of carbonyl (C=O) groups excluding carboxylic acids is 4. The van der Waals surface area contributed by atoms with Crippen LogP contribution in [0.5, 0.6) is 0 Å². The second-order valence-electron chi connectivity index (χ2n) is 35.6. The van der Waals surface area contributed by atoms with Gasteiger partial charge in [-0.1, -0.05) is 124 Å². The lowest BCUT2D eigenvalue weighted by atomic mass is 9.84. The molecule has 2 aliphatic heterocycles. The van der Waals surface area contributed by atoms with Crippen LogP contribution < -0.4 is 44.2 Å². The van der Waals surface area contributed by atoms with Gasteiger partial charge < -0.3 is 69.0 Å². The van der Waals surface area contributed by atoms with Crippen LogP contribution in [0.4, 0.5) is 71.6 Å². The van der Waals surface area contributed by atoms with Crippen LogP contribution in [0.2, 0.25) is 0 Å². The van der Waals surface area contributed by atoms with Crippen molar-refractivity contribution >= 4 is 94.7 Å². The zero-order valence-corrected chi connectivity index (χ0v) is 83.3. The summed E-state index contributed by atoms with van der Waals surface area (Å²) in [5.41, 5.74) is 30.0. The highest BCUT2D eigenvalue weighted by molar-refractivity contribution is 9.11. The summed E-state index contributed by atoms with van der Waals surface area (Å²) in [6, 6.07) is 32.9. The number of aliphatic hydroxyl groups is 3. The minimum absolute atomic E-state index is 0.0213. The van der Waals surface area contributed by atoms with Gasteiger partial charge in [0.05, 0.1) is 113 Å². The van der Waals surface area contributed by atoms with Crippen LogP contribution in [-0.2, 0) is 9.47 Å². The summed E-state index contributed by atoms with van der Waals surface area (Å²) in [5.74, 6) is -7.17. The van der Waals surface area contributed by atoms with E-state index in [0.29, 0.717) is 136 Å². The molecule has 0 bridgehead atoms. The van der Waals surface area contributed by atoms with Crippen LogP contribution in [0.3, 0.4) is 0 Å². The van der Waals surface area contributed by atoms with Gasteiger partial charge in [-0.05, 0) is 221 Å². The Morgan fingerprint density at radius 2 is 0.674 bits per heavy atom. The Bertz CT molecular complexity index is 6310. The molecule has 15 N–H and O–H groups in total. The molecule has 2 saturated heterocycles. The molecule has 2 aliphatic carbocycles. The predicted octanol–water partition coefficient (Wildman–Crippen LogP) is 22.1. The maximum absolute atomic E-state index is 15.1. The van der Waals surface area contributed by atoms with Crippen LogP contribution in [-0.4, -0.2) is 136 Å². The number of aliphatic hydroxyl groups excluding tert-OH is 3. The normalized spacial score (nSPS) is 17.9. The number of anilines is 4. The number of hydrogen-bond acceptors (Lipinski definition) is 21. The number of rotatable bonds is 28. The van der Waals surface area contributed by atoms with Crippen molar-refractivity contribution in [1.29, 1.82) is 0 Å². The number of aromatic nitrogens is 8. The van der Waals surface area contributed by atoms with E-state index in [0.717, 1.165) is 97.4 Å². The number of nitrogens with one attached hydrogen (secondary N) is 4. The molecule has 8 aromatic carbocycles. The maximum atomic E-state index is 15.1. The van der Waals surface area contributed by atoms with Gasteiger partial charge in [-0.2, -0.15) is 0 Å². The van der Waals surface area contributed by atoms with Crippen LogP contribution >= 0.6 is 47.8 Å². The molecule has 10 atom stereocenters. The van der Waals surface area contributed by atoms with Crippen molar-refractivity contribution in [2.24, 2.45) is 0 Å². The summed E-state index contributed by atoms with van der Waals surface area (Å²) in [6.45, 7) is 7.79. The zero-order valence-electron chi connectivity index (χ0n) is 78.6. The van der Waals surface area contributed by atoms with Crippen molar-refractivity contribution in [1.82, 2.24) is 61.1 Å². The molecule has 4 amide bonds. The van der Waals surface area contributed by atoms with E-state index in [1.54, 1.807) is 30.6 Å². The second kappa shape index (κ2) is 50.9. The molecule has 0 radical (unpaired) electrons. The molecule has 144 heavy (non-hydrogen) atoms. The topological polar surface area (TPSA) is 403 Å². The predicted molar refractivity (Wildman–Crippen MR) is 534 cm³/mol. The fourth-order valence-corrected chi connectivity index (χ4v) is 19.0. The largest absolute Gasteiger partial charge is 0.394 e. The molecule has 6 heterocycles. The summed E-state index contributed by atoms with van der Waals surface area (Å²) >= 11 is 10.00. The van der Waals surface area contributed by atoms with E-state index >= 15 is 13.2 Å². The van der Waals surface area contributed by atoms with Crippen LogP contribution in [0.1, 0.15) is 270 Å². The number of amides is 4. The fraction of sp³-hybridized carbons (Fsp3) is 0.352. The van der Waals surface area contributed by atoms with Gasteiger partial charge in [0, 0.05) is 91.3 Å². The first-order valence-electron chi connectivity index (χ1n) is 47.1. The minimum atomic E-state index is -2.94. The first-order valence-corrected chi connectivity index (χ1v) is 49.5. The number of nitrogens with two attached hydrogens (primary N) is 4. The lowest BCUT2D eigenvalue weighted by Crippen LogP contribution is -2.31. The van der Waals surface area contributed by atoms with E-state index < -0.39 is 126 Å². The molecule has 12 aromatic rings. The molecule has 4 fully saturated rings. The highest BCUT2D eigenvalue weighted by Crippen LogP contribution is 2.41. The van der Waals surface area contributed by atoms with Crippen molar-refractivity contribution < 1.29 is 92.3 Å². The lowest BCUT2D eigenvalue weighted by molar-refractivity contribution is 0.0363.